The topological polar surface area (TPSA) is 79.3 Å². The van der Waals surface area contributed by atoms with Crippen LogP contribution in [0.5, 0.6) is 0 Å². The molecule has 0 saturated carbocycles. The van der Waals surface area contributed by atoms with E-state index in [-0.39, 0.29) is 18.4 Å². The van der Waals surface area contributed by atoms with E-state index in [1.165, 1.54) is 6.92 Å². The highest BCUT2D eigenvalue weighted by atomic mass is 16.4. The van der Waals surface area contributed by atoms with Gasteiger partial charge in [0.25, 0.3) is 0 Å². The Morgan fingerprint density at radius 2 is 2.14 bits per heavy atom. The number of amides is 1. The zero-order chi connectivity index (χ0) is 15.2. The summed E-state index contributed by atoms with van der Waals surface area (Å²) in [6, 6.07) is 9.61. The van der Waals surface area contributed by atoms with Gasteiger partial charge < -0.3 is 10.4 Å². The highest BCUT2D eigenvalue weighted by molar-refractivity contribution is 5.79. The van der Waals surface area contributed by atoms with E-state index in [0.717, 1.165) is 16.5 Å². The Morgan fingerprint density at radius 1 is 1.33 bits per heavy atom. The molecule has 1 aromatic heterocycles. The van der Waals surface area contributed by atoms with E-state index < -0.39 is 5.97 Å². The van der Waals surface area contributed by atoms with E-state index in [9.17, 15) is 9.59 Å². The Balaban J connectivity index is 2.12. The number of aliphatic carboxylic acids is 1. The number of hydrogen-bond donors (Lipinski definition) is 2. The van der Waals surface area contributed by atoms with Gasteiger partial charge >= 0.3 is 5.97 Å². The molecule has 2 aromatic rings. The first-order valence-electron chi connectivity index (χ1n) is 6.87. The van der Waals surface area contributed by atoms with Crippen molar-refractivity contribution in [3.8, 4) is 0 Å². The molecule has 1 atom stereocenters. The van der Waals surface area contributed by atoms with Crippen LogP contribution in [0.2, 0.25) is 0 Å². The quantitative estimate of drug-likeness (QED) is 0.852. The normalized spacial score (nSPS) is 12.0. The van der Waals surface area contributed by atoms with Crippen molar-refractivity contribution >= 4 is 22.8 Å². The summed E-state index contributed by atoms with van der Waals surface area (Å²) in [5.74, 6) is -0.999. The molecule has 110 valence electrons. The van der Waals surface area contributed by atoms with Gasteiger partial charge in [0.15, 0.2) is 0 Å². The Bertz CT molecular complexity index is 655. The first-order chi connectivity index (χ1) is 10.0. The third-order valence-corrected chi connectivity index (χ3v) is 3.26. The average Bonchev–Trinajstić information content (AvgIpc) is 2.44. The number of fused-ring (bicyclic) bond motifs is 1. The lowest BCUT2D eigenvalue weighted by molar-refractivity contribution is -0.137. The average molecular weight is 286 g/mol. The van der Waals surface area contributed by atoms with Crippen molar-refractivity contribution < 1.29 is 14.7 Å². The van der Waals surface area contributed by atoms with E-state index in [2.05, 4.69) is 10.3 Å². The number of carboxylic acid groups (broad SMARTS) is 1. The fraction of sp³-hybridized carbons (Fsp3) is 0.312. The fourth-order valence-electron chi connectivity index (χ4n) is 2.35. The van der Waals surface area contributed by atoms with E-state index in [0.29, 0.717) is 12.8 Å². The summed E-state index contributed by atoms with van der Waals surface area (Å²) < 4.78 is 0. The van der Waals surface area contributed by atoms with Gasteiger partial charge in [-0.2, -0.15) is 0 Å². The van der Waals surface area contributed by atoms with Crippen LogP contribution >= 0.6 is 0 Å². The zero-order valence-corrected chi connectivity index (χ0v) is 11.9. The molecule has 0 spiro atoms. The molecule has 0 radical (unpaired) electrons. The van der Waals surface area contributed by atoms with Crippen molar-refractivity contribution in [1.82, 2.24) is 10.3 Å². The van der Waals surface area contributed by atoms with Crippen molar-refractivity contribution in [3.05, 3.63) is 42.1 Å². The minimum atomic E-state index is -0.854. The molecule has 5 nitrogen and oxygen atoms in total. The number of nitrogens with zero attached hydrogens (tertiary/aromatic N) is 1. The predicted molar refractivity (Wildman–Crippen MR) is 79.9 cm³/mol. The molecule has 2 rings (SSSR count). The standard InChI is InChI=1S/C16H18N2O3/c1-11(19)18-14(5-7-16(20)21)10-12-4-6-15-13(9-12)3-2-8-17-15/h2-4,6,8-9,14H,5,7,10H2,1H3,(H,18,19)(H,20,21). The van der Waals surface area contributed by atoms with Crippen LogP contribution < -0.4 is 5.32 Å². The van der Waals surface area contributed by atoms with E-state index in [1.807, 2.05) is 30.3 Å². The lowest BCUT2D eigenvalue weighted by atomic mass is 10.00. The smallest absolute Gasteiger partial charge is 0.303 e. The fourth-order valence-corrected chi connectivity index (χ4v) is 2.35. The van der Waals surface area contributed by atoms with Gasteiger partial charge in [-0.15, -0.1) is 0 Å². The number of hydrogen-bond acceptors (Lipinski definition) is 3. The SMILES string of the molecule is CC(=O)NC(CCC(=O)O)Cc1ccc2ncccc2c1. The van der Waals surface area contributed by atoms with Crippen LogP contribution in [0.15, 0.2) is 36.5 Å². The number of rotatable bonds is 6. The van der Waals surface area contributed by atoms with Crippen LogP contribution in [0.25, 0.3) is 10.9 Å². The molecule has 0 aliphatic rings. The minimum absolute atomic E-state index is 0.0417. The predicted octanol–water partition coefficient (Wildman–Crippen LogP) is 2.15. The Morgan fingerprint density at radius 3 is 2.86 bits per heavy atom. The third kappa shape index (κ3) is 4.56. The molecule has 1 amide bonds. The second kappa shape index (κ2) is 6.83. The van der Waals surface area contributed by atoms with Gasteiger partial charge in [-0.25, -0.2) is 0 Å². The van der Waals surface area contributed by atoms with Crippen molar-refractivity contribution in [1.29, 1.82) is 0 Å². The van der Waals surface area contributed by atoms with Crippen LogP contribution in [0, 0.1) is 0 Å². The molecule has 0 bridgehead atoms. The molecular weight excluding hydrogens is 268 g/mol. The third-order valence-electron chi connectivity index (χ3n) is 3.26. The van der Waals surface area contributed by atoms with Gasteiger partial charge in [-0.05, 0) is 36.6 Å². The Kier molecular flexibility index (Phi) is 4.87. The largest absolute Gasteiger partial charge is 0.481 e. The van der Waals surface area contributed by atoms with Crippen molar-refractivity contribution in [2.45, 2.75) is 32.2 Å². The van der Waals surface area contributed by atoms with Gasteiger partial charge in [0.1, 0.15) is 0 Å². The molecule has 0 aliphatic heterocycles. The van der Waals surface area contributed by atoms with Crippen LogP contribution in [0.4, 0.5) is 0 Å². The molecule has 0 fully saturated rings. The molecule has 2 N–H and O–H groups in total. The van der Waals surface area contributed by atoms with E-state index in [1.54, 1.807) is 6.20 Å². The van der Waals surface area contributed by atoms with Crippen LogP contribution in [0.1, 0.15) is 25.3 Å². The molecule has 1 aromatic carbocycles. The van der Waals surface area contributed by atoms with E-state index >= 15 is 0 Å². The van der Waals surface area contributed by atoms with Crippen LogP contribution in [-0.2, 0) is 16.0 Å². The maximum atomic E-state index is 11.2. The molecule has 0 saturated heterocycles. The molecule has 0 aliphatic carbocycles. The number of benzene rings is 1. The van der Waals surface area contributed by atoms with Gasteiger partial charge in [0.2, 0.25) is 5.91 Å². The minimum Gasteiger partial charge on any atom is -0.481 e. The van der Waals surface area contributed by atoms with E-state index in [4.69, 9.17) is 5.11 Å². The Hall–Kier alpha value is -2.43. The highest BCUT2D eigenvalue weighted by Gasteiger charge is 2.13. The number of nitrogens with one attached hydrogen (secondary N) is 1. The van der Waals surface area contributed by atoms with Crippen molar-refractivity contribution in [2.75, 3.05) is 0 Å². The van der Waals surface area contributed by atoms with Gasteiger partial charge in [0, 0.05) is 31.0 Å². The lowest BCUT2D eigenvalue weighted by Gasteiger charge is -2.17. The van der Waals surface area contributed by atoms with Gasteiger partial charge in [-0.3, -0.25) is 14.6 Å². The van der Waals surface area contributed by atoms with Crippen molar-refractivity contribution in [2.24, 2.45) is 0 Å². The van der Waals surface area contributed by atoms with Crippen LogP contribution in [-0.4, -0.2) is 28.0 Å². The maximum Gasteiger partial charge on any atom is 0.303 e. The summed E-state index contributed by atoms with van der Waals surface area (Å²) in [7, 11) is 0. The number of carboxylic acids is 1. The summed E-state index contributed by atoms with van der Waals surface area (Å²) in [6.07, 6.45) is 2.81. The number of carbonyl (C=O) groups excluding carboxylic acids is 1. The maximum absolute atomic E-state index is 11.2. The zero-order valence-electron chi connectivity index (χ0n) is 11.9. The molecule has 1 unspecified atom stereocenters. The summed E-state index contributed by atoms with van der Waals surface area (Å²) in [5, 5.41) is 12.6. The summed E-state index contributed by atoms with van der Waals surface area (Å²) >= 11 is 0. The summed E-state index contributed by atoms with van der Waals surface area (Å²) in [4.78, 5) is 26.2. The number of pyridine rings is 1. The van der Waals surface area contributed by atoms with Gasteiger partial charge in [0.05, 0.1) is 5.52 Å². The Labute approximate surface area is 123 Å². The van der Waals surface area contributed by atoms with Crippen molar-refractivity contribution in [3.63, 3.8) is 0 Å². The number of carbonyl (C=O) groups is 2. The van der Waals surface area contributed by atoms with Crippen LogP contribution in [0.3, 0.4) is 0 Å². The summed E-state index contributed by atoms with van der Waals surface area (Å²) in [5.41, 5.74) is 1.97. The molecular formula is C16H18N2O3. The summed E-state index contributed by atoms with van der Waals surface area (Å²) in [6.45, 7) is 1.44. The molecule has 21 heavy (non-hydrogen) atoms. The first-order valence-corrected chi connectivity index (χ1v) is 6.87. The number of aromatic nitrogens is 1. The highest BCUT2D eigenvalue weighted by Crippen LogP contribution is 2.16. The second-order valence-corrected chi connectivity index (χ2v) is 5.06. The molecule has 5 heteroatoms. The lowest BCUT2D eigenvalue weighted by Crippen LogP contribution is -2.35. The monoisotopic (exact) mass is 286 g/mol. The molecule has 1 heterocycles. The first kappa shape index (κ1) is 15.0. The van der Waals surface area contributed by atoms with Gasteiger partial charge in [-0.1, -0.05) is 12.1 Å². The second-order valence-electron chi connectivity index (χ2n) is 5.06.